The molecular formula is C14H28N2O. The van der Waals surface area contributed by atoms with Crippen LogP contribution in [0.3, 0.4) is 0 Å². The number of carbonyl (C=O) groups is 1. The molecule has 100 valence electrons. The van der Waals surface area contributed by atoms with Crippen molar-refractivity contribution in [1.82, 2.24) is 10.2 Å². The molecule has 0 aromatic heterocycles. The predicted molar refractivity (Wildman–Crippen MR) is 71.8 cm³/mol. The number of hydrogen-bond acceptors (Lipinski definition) is 2. The Bertz CT molecular complexity index is 222. The smallest absolute Gasteiger partial charge is 0.226 e. The van der Waals surface area contributed by atoms with E-state index in [0.717, 1.165) is 39.0 Å². The fraction of sp³-hybridized carbons (Fsp3) is 0.929. The van der Waals surface area contributed by atoms with Gasteiger partial charge >= 0.3 is 0 Å². The molecule has 1 fully saturated rings. The van der Waals surface area contributed by atoms with Crippen molar-refractivity contribution in [2.45, 2.75) is 40.5 Å². The van der Waals surface area contributed by atoms with Crippen LogP contribution in [-0.4, -0.2) is 37.0 Å². The SMILES string of the molecule is CC(C)CN(CC(C)C)C(=O)C1CCCNC1. The van der Waals surface area contributed by atoms with E-state index in [1.54, 1.807) is 0 Å². The van der Waals surface area contributed by atoms with Crippen molar-refractivity contribution in [1.29, 1.82) is 0 Å². The molecule has 0 aliphatic carbocycles. The minimum absolute atomic E-state index is 0.209. The van der Waals surface area contributed by atoms with Crippen molar-refractivity contribution < 1.29 is 4.79 Å². The molecule has 1 atom stereocenters. The van der Waals surface area contributed by atoms with Gasteiger partial charge in [-0.05, 0) is 31.2 Å². The summed E-state index contributed by atoms with van der Waals surface area (Å²) in [6.07, 6.45) is 2.19. The van der Waals surface area contributed by atoms with Crippen LogP contribution in [0.5, 0.6) is 0 Å². The van der Waals surface area contributed by atoms with Crippen LogP contribution >= 0.6 is 0 Å². The predicted octanol–water partition coefficient (Wildman–Crippen LogP) is 2.13. The lowest BCUT2D eigenvalue weighted by molar-refractivity contribution is -0.137. The second-order valence-corrected chi connectivity index (χ2v) is 6.07. The Morgan fingerprint density at radius 3 is 2.24 bits per heavy atom. The highest BCUT2D eigenvalue weighted by Crippen LogP contribution is 2.15. The molecule has 3 nitrogen and oxygen atoms in total. The van der Waals surface area contributed by atoms with E-state index in [1.165, 1.54) is 0 Å². The first kappa shape index (κ1) is 14.5. The molecule has 0 saturated carbocycles. The zero-order chi connectivity index (χ0) is 12.8. The van der Waals surface area contributed by atoms with Gasteiger partial charge in [0.2, 0.25) is 5.91 Å². The average Bonchev–Trinajstić information content (AvgIpc) is 2.27. The van der Waals surface area contributed by atoms with E-state index in [4.69, 9.17) is 0 Å². The van der Waals surface area contributed by atoms with Crippen LogP contribution in [0.4, 0.5) is 0 Å². The van der Waals surface area contributed by atoms with Gasteiger partial charge in [-0.25, -0.2) is 0 Å². The maximum absolute atomic E-state index is 12.5. The van der Waals surface area contributed by atoms with Crippen molar-refractivity contribution in [3.05, 3.63) is 0 Å². The number of hydrogen-bond donors (Lipinski definition) is 1. The summed E-state index contributed by atoms with van der Waals surface area (Å²) < 4.78 is 0. The Labute approximate surface area is 106 Å². The van der Waals surface area contributed by atoms with E-state index in [9.17, 15) is 4.79 Å². The van der Waals surface area contributed by atoms with Crippen LogP contribution in [-0.2, 0) is 4.79 Å². The van der Waals surface area contributed by atoms with Crippen LogP contribution in [0, 0.1) is 17.8 Å². The van der Waals surface area contributed by atoms with Crippen LogP contribution in [0.1, 0.15) is 40.5 Å². The molecule has 1 N–H and O–H groups in total. The van der Waals surface area contributed by atoms with E-state index >= 15 is 0 Å². The topological polar surface area (TPSA) is 32.3 Å². The molecule has 1 unspecified atom stereocenters. The fourth-order valence-electron chi connectivity index (χ4n) is 2.46. The first-order chi connectivity index (χ1) is 8.00. The largest absolute Gasteiger partial charge is 0.342 e. The van der Waals surface area contributed by atoms with E-state index < -0.39 is 0 Å². The molecule has 0 aromatic carbocycles. The molecule has 0 bridgehead atoms. The minimum atomic E-state index is 0.209. The van der Waals surface area contributed by atoms with Crippen LogP contribution in [0.2, 0.25) is 0 Å². The van der Waals surface area contributed by atoms with Crippen molar-refractivity contribution in [2.24, 2.45) is 17.8 Å². The molecule has 1 saturated heterocycles. The number of rotatable bonds is 5. The first-order valence-corrected chi connectivity index (χ1v) is 7.00. The van der Waals surface area contributed by atoms with Gasteiger partial charge in [0.05, 0.1) is 5.92 Å². The standard InChI is InChI=1S/C14H28N2O/c1-11(2)9-16(10-12(3)4)14(17)13-6-5-7-15-8-13/h11-13,15H,5-10H2,1-4H3. The second-order valence-electron chi connectivity index (χ2n) is 6.07. The van der Waals surface area contributed by atoms with Gasteiger partial charge in [0.25, 0.3) is 0 Å². The van der Waals surface area contributed by atoms with E-state index in [2.05, 4.69) is 37.9 Å². The van der Waals surface area contributed by atoms with Crippen LogP contribution < -0.4 is 5.32 Å². The molecule has 1 rings (SSSR count). The van der Waals surface area contributed by atoms with Crippen molar-refractivity contribution in [3.63, 3.8) is 0 Å². The van der Waals surface area contributed by atoms with Crippen molar-refractivity contribution in [2.75, 3.05) is 26.2 Å². The van der Waals surface area contributed by atoms with E-state index in [-0.39, 0.29) is 5.92 Å². The Kier molecular flexibility index (Phi) is 5.96. The molecule has 1 heterocycles. The summed E-state index contributed by atoms with van der Waals surface area (Å²) in [5.74, 6) is 1.67. The molecule has 17 heavy (non-hydrogen) atoms. The zero-order valence-corrected chi connectivity index (χ0v) is 11.8. The van der Waals surface area contributed by atoms with Crippen molar-refractivity contribution in [3.8, 4) is 0 Å². The van der Waals surface area contributed by atoms with Gasteiger partial charge in [0.1, 0.15) is 0 Å². The molecule has 1 aliphatic heterocycles. The quantitative estimate of drug-likeness (QED) is 0.798. The van der Waals surface area contributed by atoms with Crippen molar-refractivity contribution >= 4 is 5.91 Å². The summed E-state index contributed by atoms with van der Waals surface area (Å²) in [6, 6.07) is 0. The lowest BCUT2D eigenvalue weighted by atomic mass is 9.97. The average molecular weight is 240 g/mol. The van der Waals surface area contributed by atoms with Crippen LogP contribution in [0.15, 0.2) is 0 Å². The molecule has 0 radical (unpaired) electrons. The third kappa shape index (κ3) is 5.07. The summed E-state index contributed by atoms with van der Waals surface area (Å²) in [5.41, 5.74) is 0. The highest BCUT2D eigenvalue weighted by Gasteiger charge is 2.26. The highest BCUT2D eigenvalue weighted by molar-refractivity contribution is 5.79. The Balaban J connectivity index is 2.56. The van der Waals surface area contributed by atoms with Gasteiger partial charge in [-0.3, -0.25) is 4.79 Å². The maximum Gasteiger partial charge on any atom is 0.226 e. The maximum atomic E-state index is 12.5. The number of amides is 1. The number of carbonyl (C=O) groups excluding carboxylic acids is 1. The normalized spacial score (nSPS) is 20.9. The first-order valence-electron chi connectivity index (χ1n) is 7.00. The summed E-state index contributed by atoms with van der Waals surface area (Å²) >= 11 is 0. The molecular weight excluding hydrogens is 212 g/mol. The zero-order valence-electron chi connectivity index (χ0n) is 11.8. The monoisotopic (exact) mass is 240 g/mol. The van der Waals surface area contributed by atoms with Gasteiger partial charge in [0, 0.05) is 19.6 Å². The number of nitrogens with zero attached hydrogens (tertiary/aromatic N) is 1. The van der Waals surface area contributed by atoms with Gasteiger partial charge in [-0.2, -0.15) is 0 Å². The van der Waals surface area contributed by atoms with E-state index in [0.29, 0.717) is 17.7 Å². The van der Waals surface area contributed by atoms with E-state index in [1.807, 2.05) is 0 Å². The third-order valence-electron chi connectivity index (χ3n) is 3.13. The Morgan fingerprint density at radius 2 is 1.82 bits per heavy atom. The Morgan fingerprint density at radius 1 is 1.24 bits per heavy atom. The molecule has 1 aliphatic rings. The summed E-state index contributed by atoms with van der Waals surface area (Å²) in [4.78, 5) is 14.5. The number of piperidine rings is 1. The second kappa shape index (κ2) is 7.00. The van der Waals surface area contributed by atoms with Gasteiger partial charge < -0.3 is 10.2 Å². The fourth-order valence-corrected chi connectivity index (χ4v) is 2.46. The highest BCUT2D eigenvalue weighted by atomic mass is 16.2. The number of nitrogens with one attached hydrogen (secondary N) is 1. The molecule has 1 amide bonds. The van der Waals surface area contributed by atoms with Crippen LogP contribution in [0.25, 0.3) is 0 Å². The lowest BCUT2D eigenvalue weighted by Gasteiger charge is -2.32. The summed E-state index contributed by atoms with van der Waals surface area (Å²) in [6.45, 7) is 12.4. The molecule has 0 aromatic rings. The molecule has 0 spiro atoms. The van der Waals surface area contributed by atoms with Gasteiger partial charge in [0.15, 0.2) is 0 Å². The minimum Gasteiger partial charge on any atom is -0.342 e. The van der Waals surface area contributed by atoms with Gasteiger partial charge in [-0.15, -0.1) is 0 Å². The lowest BCUT2D eigenvalue weighted by Crippen LogP contribution is -2.45. The molecule has 3 heteroatoms. The Hall–Kier alpha value is -0.570. The third-order valence-corrected chi connectivity index (χ3v) is 3.13. The summed E-state index contributed by atoms with van der Waals surface area (Å²) in [5, 5.41) is 3.33. The summed E-state index contributed by atoms with van der Waals surface area (Å²) in [7, 11) is 0. The van der Waals surface area contributed by atoms with Gasteiger partial charge in [-0.1, -0.05) is 27.7 Å².